The smallest absolute Gasteiger partial charge is 0.303 e. The highest BCUT2D eigenvalue weighted by Gasteiger charge is 2.33. The van der Waals surface area contributed by atoms with Crippen LogP contribution in [0.3, 0.4) is 0 Å². The molecule has 0 aliphatic carbocycles. The van der Waals surface area contributed by atoms with Gasteiger partial charge in [0.05, 0.1) is 12.2 Å². The first-order valence-corrected chi connectivity index (χ1v) is 3.07. The van der Waals surface area contributed by atoms with E-state index in [1.807, 2.05) is 6.92 Å². The average molecular weight is 130 g/mol. The first-order valence-electron chi connectivity index (χ1n) is 3.07. The lowest BCUT2D eigenvalue weighted by molar-refractivity contribution is -0.137. The number of carboxylic acid groups (broad SMARTS) is 1. The van der Waals surface area contributed by atoms with Crippen LogP contribution in [0.25, 0.3) is 0 Å². The maximum Gasteiger partial charge on any atom is 0.303 e. The van der Waals surface area contributed by atoms with Crippen LogP contribution in [0.1, 0.15) is 19.8 Å². The minimum Gasteiger partial charge on any atom is -0.481 e. The van der Waals surface area contributed by atoms with E-state index < -0.39 is 5.97 Å². The fraction of sp³-hybridized carbons (Fsp3) is 0.833. The number of hydrogen-bond donors (Lipinski definition) is 1. The van der Waals surface area contributed by atoms with Gasteiger partial charge in [-0.3, -0.25) is 4.79 Å². The van der Waals surface area contributed by atoms with E-state index in [0.29, 0.717) is 12.5 Å². The van der Waals surface area contributed by atoms with Gasteiger partial charge < -0.3 is 9.84 Å². The van der Waals surface area contributed by atoms with Crippen molar-refractivity contribution < 1.29 is 14.6 Å². The second-order valence-corrected chi connectivity index (χ2v) is 2.31. The van der Waals surface area contributed by atoms with Gasteiger partial charge in [-0.1, -0.05) is 0 Å². The lowest BCUT2D eigenvalue weighted by Gasteiger charge is -1.86. The van der Waals surface area contributed by atoms with Crippen molar-refractivity contribution in [3.05, 3.63) is 0 Å². The molecule has 1 aliphatic heterocycles. The summed E-state index contributed by atoms with van der Waals surface area (Å²) in [5.41, 5.74) is 0. The lowest BCUT2D eigenvalue weighted by Crippen LogP contribution is -1.98. The summed E-state index contributed by atoms with van der Waals surface area (Å²) < 4.78 is 5.00. The highest BCUT2D eigenvalue weighted by molar-refractivity contribution is 5.66. The van der Waals surface area contributed by atoms with Crippen molar-refractivity contribution in [2.24, 2.45) is 0 Å². The lowest BCUT2D eigenvalue weighted by atomic mass is 10.2. The van der Waals surface area contributed by atoms with Crippen molar-refractivity contribution in [1.29, 1.82) is 0 Å². The molecule has 1 heterocycles. The predicted octanol–water partition coefficient (Wildman–Crippen LogP) is 0.639. The number of rotatable bonds is 3. The van der Waals surface area contributed by atoms with E-state index in [0.717, 1.165) is 0 Å². The molecule has 1 aliphatic rings. The SMILES string of the molecule is CC1OC1CCC(=O)O. The molecule has 0 aromatic rings. The van der Waals surface area contributed by atoms with Gasteiger partial charge in [0.25, 0.3) is 0 Å². The molecule has 3 heteroatoms. The molecule has 3 nitrogen and oxygen atoms in total. The molecule has 1 rings (SSSR count). The maximum atomic E-state index is 9.98. The molecular weight excluding hydrogens is 120 g/mol. The van der Waals surface area contributed by atoms with Crippen LogP contribution in [0.4, 0.5) is 0 Å². The third-order valence-electron chi connectivity index (χ3n) is 1.48. The van der Waals surface area contributed by atoms with E-state index in [1.165, 1.54) is 0 Å². The van der Waals surface area contributed by atoms with Crippen molar-refractivity contribution >= 4 is 5.97 Å². The fourth-order valence-electron chi connectivity index (χ4n) is 0.799. The van der Waals surface area contributed by atoms with Gasteiger partial charge in [-0.15, -0.1) is 0 Å². The molecule has 0 aromatic carbocycles. The Hall–Kier alpha value is -0.570. The standard InChI is InChI=1S/C6H10O3/c1-4-5(9-4)2-3-6(7)8/h4-5H,2-3H2,1H3,(H,7,8). The summed E-state index contributed by atoms with van der Waals surface area (Å²) in [5, 5.41) is 8.22. The maximum absolute atomic E-state index is 9.98. The summed E-state index contributed by atoms with van der Waals surface area (Å²) in [6.07, 6.45) is 1.41. The number of epoxide rings is 1. The number of hydrogen-bond acceptors (Lipinski definition) is 2. The van der Waals surface area contributed by atoms with Gasteiger partial charge in [0.15, 0.2) is 0 Å². The molecule has 0 saturated carbocycles. The average Bonchev–Trinajstić information content (AvgIpc) is 2.42. The van der Waals surface area contributed by atoms with E-state index >= 15 is 0 Å². The Balaban J connectivity index is 2.00. The molecule has 1 N–H and O–H groups in total. The first-order chi connectivity index (χ1) is 4.20. The summed E-state index contributed by atoms with van der Waals surface area (Å²) in [4.78, 5) is 9.98. The van der Waals surface area contributed by atoms with Crippen LogP contribution >= 0.6 is 0 Å². The number of carbonyl (C=O) groups is 1. The first kappa shape index (κ1) is 6.55. The van der Waals surface area contributed by atoms with Crippen molar-refractivity contribution in [3.63, 3.8) is 0 Å². The molecule has 1 fully saturated rings. The zero-order chi connectivity index (χ0) is 6.85. The van der Waals surface area contributed by atoms with Crippen molar-refractivity contribution in [1.82, 2.24) is 0 Å². The largest absolute Gasteiger partial charge is 0.481 e. The van der Waals surface area contributed by atoms with Gasteiger partial charge in [0.2, 0.25) is 0 Å². The predicted molar refractivity (Wildman–Crippen MR) is 31.2 cm³/mol. The fourth-order valence-corrected chi connectivity index (χ4v) is 0.799. The Morgan fingerprint density at radius 2 is 2.33 bits per heavy atom. The van der Waals surface area contributed by atoms with Gasteiger partial charge >= 0.3 is 5.97 Å². The minimum atomic E-state index is -0.738. The summed E-state index contributed by atoms with van der Waals surface area (Å²) in [7, 11) is 0. The molecule has 2 atom stereocenters. The van der Waals surface area contributed by atoms with Crippen LogP contribution in [0, 0.1) is 0 Å². The zero-order valence-corrected chi connectivity index (χ0v) is 5.33. The van der Waals surface area contributed by atoms with Crippen LogP contribution in [0.2, 0.25) is 0 Å². The molecule has 9 heavy (non-hydrogen) atoms. The van der Waals surface area contributed by atoms with Gasteiger partial charge in [0.1, 0.15) is 0 Å². The molecule has 0 spiro atoms. The number of aliphatic carboxylic acids is 1. The Morgan fingerprint density at radius 1 is 1.78 bits per heavy atom. The summed E-state index contributed by atoms with van der Waals surface area (Å²) in [6.45, 7) is 1.95. The number of carboxylic acids is 1. The Bertz CT molecular complexity index is 121. The second-order valence-electron chi connectivity index (χ2n) is 2.31. The highest BCUT2D eigenvalue weighted by Crippen LogP contribution is 2.25. The Labute approximate surface area is 53.6 Å². The monoisotopic (exact) mass is 130 g/mol. The van der Waals surface area contributed by atoms with Crippen LogP contribution in [-0.2, 0) is 9.53 Å². The van der Waals surface area contributed by atoms with Crippen molar-refractivity contribution in [2.75, 3.05) is 0 Å². The molecule has 52 valence electrons. The van der Waals surface area contributed by atoms with Crippen LogP contribution in [0.15, 0.2) is 0 Å². The molecule has 0 radical (unpaired) electrons. The molecular formula is C6H10O3. The topological polar surface area (TPSA) is 49.8 Å². The van der Waals surface area contributed by atoms with Crippen molar-refractivity contribution in [2.45, 2.75) is 32.0 Å². The van der Waals surface area contributed by atoms with Gasteiger partial charge in [-0.25, -0.2) is 0 Å². The van der Waals surface area contributed by atoms with Gasteiger partial charge in [0, 0.05) is 6.42 Å². The van der Waals surface area contributed by atoms with E-state index in [4.69, 9.17) is 9.84 Å². The van der Waals surface area contributed by atoms with E-state index in [-0.39, 0.29) is 12.5 Å². The molecule has 0 bridgehead atoms. The van der Waals surface area contributed by atoms with Gasteiger partial charge in [-0.05, 0) is 13.3 Å². The van der Waals surface area contributed by atoms with Crippen LogP contribution in [0.5, 0.6) is 0 Å². The zero-order valence-electron chi connectivity index (χ0n) is 5.33. The Kier molecular flexibility index (Phi) is 1.71. The van der Waals surface area contributed by atoms with Crippen molar-refractivity contribution in [3.8, 4) is 0 Å². The summed E-state index contributed by atoms with van der Waals surface area (Å²) >= 11 is 0. The van der Waals surface area contributed by atoms with Gasteiger partial charge in [-0.2, -0.15) is 0 Å². The number of ether oxygens (including phenoxy) is 1. The molecule has 1 saturated heterocycles. The summed E-state index contributed by atoms with van der Waals surface area (Å²) in [5.74, 6) is -0.738. The Morgan fingerprint density at radius 3 is 2.67 bits per heavy atom. The normalized spacial score (nSPS) is 32.1. The van der Waals surface area contributed by atoms with E-state index in [9.17, 15) is 4.79 Å². The minimum absolute atomic E-state index is 0.223. The quantitative estimate of drug-likeness (QED) is 0.570. The highest BCUT2D eigenvalue weighted by atomic mass is 16.6. The third kappa shape index (κ3) is 2.01. The van der Waals surface area contributed by atoms with Crippen LogP contribution in [-0.4, -0.2) is 23.3 Å². The summed E-state index contributed by atoms with van der Waals surface area (Å²) in [6, 6.07) is 0. The van der Waals surface area contributed by atoms with E-state index in [1.54, 1.807) is 0 Å². The van der Waals surface area contributed by atoms with Crippen LogP contribution < -0.4 is 0 Å². The molecule has 2 unspecified atom stereocenters. The van der Waals surface area contributed by atoms with E-state index in [2.05, 4.69) is 0 Å². The second kappa shape index (κ2) is 2.35. The molecule has 0 aromatic heterocycles. The molecule has 0 amide bonds. The third-order valence-corrected chi connectivity index (χ3v) is 1.48.